The summed E-state index contributed by atoms with van der Waals surface area (Å²) >= 11 is 0. The standard InChI is InChI=1S/C22H18N4/c23-17-20-9-4-2-1-3-7-13-25-18-21-10-5-6-11-22(21)19-26-15-8-14-24-16-12-20/h1-16,18-19H. The minimum Gasteiger partial charge on any atom is -0.265 e. The van der Waals surface area contributed by atoms with E-state index in [0.717, 1.165) is 11.1 Å². The molecule has 1 aliphatic rings. The van der Waals surface area contributed by atoms with Gasteiger partial charge in [-0.2, -0.15) is 5.26 Å². The third-order valence-electron chi connectivity index (χ3n) is 3.13. The van der Waals surface area contributed by atoms with Crippen LogP contribution in [0.1, 0.15) is 11.1 Å². The van der Waals surface area contributed by atoms with E-state index in [-0.39, 0.29) is 0 Å². The number of nitriles is 1. The Labute approximate surface area is 153 Å². The second-order valence-electron chi connectivity index (χ2n) is 4.99. The molecule has 2 rings (SSSR count). The predicted octanol–water partition coefficient (Wildman–Crippen LogP) is 4.71. The van der Waals surface area contributed by atoms with Crippen molar-refractivity contribution in [3.8, 4) is 6.07 Å². The van der Waals surface area contributed by atoms with Crippen molar-refractivity contribution >= 4 is 18.6 Å². The summed E-state index contributed by atoms with van der Waals surface area (Å²) in [5.74, 6) is 0. The molecule has 4 heteroatoms. The molecule has 126 valence electrons. The largest absolute Gasteiger partial charge is 0.265 e. The molecule has 1 heterocycles. The average Bonchev–Trinajstić information content (AvgIpc) is 2.67. The van der Waals surface area contributed by atoms with Crippen molar-refractivity contribution in [2.75, 3.05) is 0 Å². The fourth-order valence-electron chi connectivity index (χ4n) is 1.88. The molecule has 1 aromatic rings. The van der Waals surface area contributed by atoms with Crippen LogP contribution >= 0.6 is 0 Å². The Kier molecular flexibility index (Phi) is 8.29. The summed E-state index contributed by atoms with van der Waals surface area (Å²) in [4.78, 5) is 12.6. The third-order valence-corrected chi connectivity index (χ3v) is 3.13. The highest BCUT2D eigenvalue weighted by Crippen LogP contribution is 2.04. The van der Waals surface area contributed by atoms with Gasteiger partial charge in [-0.25, -0.2) is 0 Å². The van der Waals surface area contributed by atoms with Gasteiger partial charge >= 0.3 is 0 Å². The molecule has 0 saturated heterocycles. The predicted molar refractivity (Wildman–Crippen MR) is 110 cm³/mol. The summed E-state index contributed by atoms with van der Waals surface area (Å²) in [6.45, 7) is 0. The molecule has 1 aliphatic heterocycles. The monoisotopic (exact) mass is 338 g/mol. The van der Waals surface area contributed by atoms with Gasteiger partial charge in [0.2, 0.25) is 0 Å². The lowest BCUT2D eigenvalue weighted by atomic mass is 10.1. The molecule has 0 spiro atoms. The van der Waals surface area contributed by atoms with Crippen LogP contribution in [0.5, 0.6) is 0 Å². The van der Waals surface area contributed by atoms with E-state index in [4.69, 9.17) is 5.26 Å². The number of rotatable bonds is 0. The fourth-order valence-corrected chi connectivity index (χ4v) is 1.88. The van der Waals surface area contributed by atoms with Gasteiger partial charge in [0.25, 0.3) is 0 Å². The lowest BCUT2D eigenvalue weighted by Gasteiger charge is -1.97. The summed E-state index contributed by atoms with van der Waals surface area (Å²) in [6.07, 6.45) is 24.4. The molecule has 0 N–H and O–H groups in total. The van der Waals surface area contributed by atoms with E-state index in [9.17, 15) is 0 Å². The lowest BCUT2D eigenvalue weighted by molar-refractivity contribution is 1.48. The first-order valence-electron chi connectivity index (χ1n) is 8.00. The topological polar surface area (TPSA) is 60.9 Å². The van der Waals surface area contributed by atoms with E-state index in [1.165, 1.54) is 0 Å². The number of hydrogen-bond acceptors (Lipinski definition) is 4. The zero-order chi connectivity index (χ0) is 18.3. The van der Waals surface area contributed by atoms with Gasteiger partial charge in [0.15, 0.2) is 0 Å². The van der Waals surface area contributed by atoms with Gasteiger partial charge in [-0.3, -0.25) is 15.0 Å². The van der Waals surface area contributed by atoms with Crippen LogP contribution in [0.4, 0.5) is 0 Å². The van der Waals surface area contributed by atoms with Gasteiger partial charge in [0.05, 0.1) is 11.6 Å². The molecule has 0 unspecified atom stereocenters. The van der Waals surface area contributed by atoms with Crippen LogP contribution in [0.3, 0.4) is 0 Å². The summed E-state index contributed by atoms with van der Waals surface area (Å²) in [7, 11) is 0. The summed E-state index contributed by atoms with van der Waals surface area (Å²) in [5, 5.41) is 9.05. The fraction of sp³-hybridized carbons (Fsp3) is 0. The molecular formula is C22H18N4. The SMILES string of the molecule is N#CC1=CC=CC=CC=CN=Cc2ccccc2C=NC=CC=NC=C1. The van der Waals surface area contributed by atoms with Crippen LogP contribution in [0, 0.1) is 11.3 Å². The Hall–Kier alpha value is -3.84. The van der Waals surface area contributed by atoms with Crippen LogP contribution in [0.15, 0.2) is 112 Å². The van der Waals surface area contributed by atoms with Crippen LogP contribution < -0.4 is 0 Å². The number of allylic oxidation sites excluding steroid dienone is 9. The number of aliphatic imine (C=N–C) groups is 3. The van der Waals surface area contributed by atoms with Gasteiger partial charge in [0, 0.05) is 48.4 Å². The first-order valence-corrected chi connectivity index (χ1v) is 8.00. The number of benzene rings is 1. The van der Waals surface area contributed by atoms with E-state index in [1.54, 1.807) is 61.5 Å². The van der Waals surface area contributed by atoms with E-state index >= 15 is 0 Å². The van der Waals surface area contributed by atoms with Gasteiger partial charge < -0.3 is 0 Å². The normalized spacial score (nSPS) is 14.7. The molecule has 0 aliphatic carbocycles. The minimum atomic E-state index is 0.514. The van der Waals surface area contributed by atoms with Crippen molar-refractivity contribution in [1.82, 2.24) is 0 Å². The molecule has 1 aromatic carbocycles. The average molecular weight is 338 g/mol. The van der Waals surface area contributed by atoms with Crippen molar-refractivity contribution in [2.24, 2.45) is 15.0 Å². The molecule has 0 amide bonds. The van der Waals surface area contributed by atoms with Gasteiger partial charge in [-0.1, -0.05) is 48.6 Å². The van der Waals surface area contributed by atoms with Gasteiger partial charge in [-0.05, 0) is 24.3 Å². The Morgan fingerprint density at radius 2 is 1.35 bits per heavy atom. The molecule has 0 saturated carbocycles. The molecule has 0 aromatic heterocycles. The maximum absolute atomic E-state index is 9.05. The first kappa shape index (κ1) is 18.5. The highest BCUT2D eigenvalue weighted by molar-refractivity contribution is 5.94. The smallest absolute Gasteiger partial charge is 0.0992 e. The number of hydrogen-bond donors (Lipinski definition) is 0. The van der Waals surface area contributed by atoms with Gasteiger partial charge in [-0.15, -0.1) is 0 Å². The highest BCUT2D eigenvalue weighted by Gasteiger charge is 1.94. The molecule has 4 nitrogen and oxygen atoms in total. The number of nitrogens with zero attached hydrogens (tertiary/aromatic N) is 4. The highest BCUT2D eigenvalue weighted by atomic mass is 14.7. The van der Waals surface area contributed by atoms with Crippen molar-refractivity contribution in [2.45, 2.75) is 0 Å². The third kappa shape index (κ3) is 7.16. The van der Waals surface area contributed by atoms with E-state index < -0.39 is 0 Å². The zero-order valence-corrected chi connectivity index (χ0v) is 14.2. The second-order valence-corrected chi connectivity index (χ2v) is 4.99. The van der Waals surface area contributed by atoms with Crippen molar-refractivity contribution in [3.63, 3.8) is 0 Å². The minimum absolute atomic E-state index is 0.514. The molecule has 0 fully saturated rings. The second kappa shape index (κ2) is 11.7. The first-order chi connectivity index (χ1) is 12.9. The van der Waals surface area contributed by atoms with Crippen LogP contribution in [0.2, 0.25) is 0 Å². The Morgan fingerprint density at radius 3 is 2.08 bits per heavy atom. The Morgan fingerprint density at radius 1 is 0.692 bits per heavy atom. The van der Waals surface area contributed by atoms with E-state index in [2.05, 4.69) is 21.0 Å². The summed E-state index contributed by atoms with van der Waals surface area (Å²) in [6, 6.07) is 9.98. The van der Waals surface area contributed by atoms with Crippen LogP contribution in [-0.2, 0) is 0 Å². The quantitative estimate of drug-likeness (QED) is 0.675. The van der Waals surface area contributed by atoms with E-state index in [1.807, 2.05) is 48.6 Å². The van der Waals surface area contributed by atoms with Crippen LogP contribution in [-0.4, -0.2) is 18.6 Å². The number of fused-ring (bicyclic) bond motifs is 1. The van der Waals surface area contributed by atoms with Crippen molar-refractivity contribution in [1.29, 1.82) is 5.26 Å². The molecule has 26 heavy (non-hydrogen) atoms. The maximum Gasteiger partial charge on any atom is 0.0992 e. The van der Waals surface area contributed by atoms with Crippen molar-refractivity contribution < 1.29 is 0 Å². The zero-order valence-electron chi connectivity index (χ0n) is 14.2. The Balaban J connectivity index is 2.25. The maximum atomic E-state index is 9.05. The summed E-state index contributed by atoms with van der Waals surface area (Å²) in [5.41, 5.74) is 2.47. The molecule has 0 bridgehead atoms. The van der Waals surface area contributed by atoms with E-state index in [0.29, 0.717) is 5.57 Å². The lowest BCUT2D eigenvalue weighted by Crippen LogP contribution is -1.90. The Bertz CT molecular complexity index is 898. The summed E-state index contributed by atoms with van der Waals surface area (Å²) < 4.78 is 0. The molecular weight excluding hydrogens is 320 g/mol. The molecule has 0 atom stereocenters. The van der Waals surface area contributed by atoms with Crippen molar-refractivity contribution in [3.05, 3.63) is 108 Å². The molecule has 0 radical (unpaired) electrons. The van der Waals surface area contributed by atoms with Crippen LogP contribution in [0.25, 0.3) is 0 Å². The van der Waals surface area contributed by atoms with Gasteiger partial charge in [0.1, 0.15) is 0 Å².